The first-order valence-corrected chi connectivity index (χ1v) is 8.41. The Hall–Kier alpha value is -2.82. The lowest BCUT2D eigenvalue weighted by Crippen LogP contribution is -2.10. The van der Waals surface area contributed by atoms with Gasteiger partial charge in [-0.05, 0) is 48.2 Å². The number of fused-ring (bicyclic) bond motifs is 1. The number of hydrogen-bond acceptors (Lipinski definition) is 4. The predicted molar refractivity (Wildman–Crippen MR) is 100 cm³/mol. The van der Waals surface area contributed by atoms with Gasteiger partial charge in [0.25, 0.3) is 0 Å². The van der Waals surface area contributed by atoms with Crippen LogP contribution in [0, 0.1) is 0 Å². The molecule has 2 N–H and O–H groups in total. The summed E-state index contributed by atoms with van der Waals surface area (Å²) in [6.07, 6.45) is 0. The minimum Gasteiger partial charge on any atom is -0.462 e. The van der Waals surface area contributed by atoms with E-state index in [1.807, 2.05) is 18.2 Å². The number of hydrogen-bond donors (Lipinski definition) is 2. The van der Waals surface area contributed by atoms with Gasteiger partial charge in [0.2, 0.25) is 5.95 Å². The highest BCUT2D eigenvalue weighted by Gasteiger charge is 2.13. The van der Waals surface area contributed by atoms with Gasteiger partial charge in [-0.25, -0.2) is 9.78 Å². The third kappa shape index (κ3) is 3.82. The third-order valence-electron chi connectivity index (χ3n) is 4.01. The van der Waals surface area contributed by atoms with Crippen LogP contribution in [0.5, 0.6) is 0 Å². The van der Waals surface area contributed by atoms with E-state index < -0.39 is 0 Å². The Morgan fingerprint density at radius 3 is 2.52 bits per heavy atom. The molecule has 1 heterocycles. The van der Waals surface area contributed by atoms with Crippen molar-refractivity contribution in [2.45, 2.75) is 33.1 Å². The van der Waals surface area contributed by atoms with Crippen molar-refractivity contribution in [1.29, 1.82) is 0 Å². The third-order valence-corrected chi connectivity index (χ3v) is 4.01. The normalized spacial score (nSPS) is 11.5. The molecule has 0 spiro atoms. The number of benzene rings is 2. The number of ether oxygens (including phenoxy) is 1. The molecule has 5 nitrogen and oxygen atoms in total. The second-order valence-corrected chi connectivity index (χ2v) is 6.99. The van der Waals surface area contributed by atoms with E-state index >= 15 is 0 Å². The summed E-state index contributed by atoms with van der Waals surface area (Å²) in [4.78, 5) is 19.5. The Kier molecular flexibility index (Phi) is 4.49. The molecule has 3 rings (SSSR count). The molecule has 0 bridgehead atoms. The van der Waals surface area contributed by atoms with Gasteiger partial charge in [0.05, 0.1) is 23.2 Å². The lowest BCUT2D eigenvalue weighted by molar-refractivity contribution is 0.0526. The van der Waals surface area contributed by atoms with Crippen LogP contribution in [0.15, 0.2) is 42.5 Å². The van der Waals surface area contributed by atoms with Gasteiger partial charge in [-0.15, -0.1) is 0 Å². The lowest BCUT2D eigenvalue weighted by atomic mass is 9.87. The average Bonchev–Trinajstić information content (AvgIpc) is 2.96. The van der Waals surface area contributed by atoms with Gasteiger partial charge < -0.3 is 15.0 Å². The van der Waals surface area contributed by atoms with Crippen molar-refractivity contribution < 1.29 is 9.53 Å². The zero-order valence-corrected chi connectivity index (χ0v) is 15.0. The first-order valence-electron chi connectivity index (χ1n) is 8.41. The van der Waals surface area contributed by atoms with Crippen LogP contribution < -0.4 is 5.32 Å². The quantitative estimate of drug-likeness (QED) is 0.672. The summed E-state index contributed by atoms with van der Waals surface area (Å²) < 4.78 is 5.03. The van der Waals surface area contributed by atoms with Crippen LogP contribution in [-0.2, 0) is 10.2 Å². The fourth-order valence-electron chi connectivity index (χ4n) is 2.60. The van der Waals surface area contributed by atoms with Crippen molar-refractivity contribution in [3.05, 3.63) is 53.6 Å². The van der Waals surface area contributed by atoms with E-state index in [0.29, 0.717) is 18.1 Å². The molecule has 0 saturated heterocycles. The molecule has 5 heteroatoms. The fourth-order valence-corrected chi connectivity index (χ4v) is 2.60. The molecule has 0 unspecified atom stereocenters. The summed E-state index contributed by atoms with van der Waals surface area (Å²) in [5, 5.41) is 3.26. The van der Waals surface area contributed by atoms with Gasteiger partial charge in [-0.3, -0.25) is 0 Å². The van der Waals surface area contributed by atoms with Crippen LogP contribution in [0.1, 0.15) is 43.6 Å². The summed E-state index contributed by atoms with van der Waals surface area (Å²) in [5.74, 6) is 0.311. The Labute approximate surface area is 147 Å². The maximum Gasteiger partial charge on any atom is 0.338 e. The smallest absolute Gasteiger partial charge is 0.338 e. The molecule has 130 valence electrons. The Morgan fingerprint density at radius 2 is 1.88 bits per heavy atom. The Balaban J connectivity index is 1.81. The number of rotatable bonds is 4. The van der Waals surface area contributed by atoms with Gasteiger partial charge in [-0.2, -0.15) is 0 Å². The van der Waals surface area contributed by atoms with E-state index in [1.54, 1.807) is 19.1 Å². The number of aromatic nitrogens is 2. The SMILES string of the molecule is CCOC(=O)c1ccc2nc(Nc3ccc(C(C)(C)C)cc3)[nH]c2c1. The van der Waals surface area contributed by atoms with Crippen LogP contribution in [0.4, 0.5) is 11.6 Å². The topological polar surface area (TPSA) is 67.0 Å². The number of H-pyrrole nitrogens is 1. The fraction of sp³-hybridized carbons (Fsp3) is 0.300. The van der Waals surface area contributed by atoms with E-state index in [1.165, 1.54) is 5.56 Å². The molecule has 2 aromatic carbocycles. The Bertz CT molecular complexity index is 889. The minimum atomic E-state index is -0.328. The molecule has 25 heavy (non-hydrogen) atoms. The molecule has 0 amide bonds. The number of aromatic amines is 1. The number of carbonyl (C=O) groups excluding carboxylic acids is 1. The van der Waals surface area contributed by atoms with Crippen LogP contribution in [0.25, 0.3) is 11.0 Å². The van der Waals surface area contributed by atoms with Gasteiger partial charge in [0.15, 0.2) is 0 Å². The maximum absolute atomic E-state index is 11.8. The standard InChI is InChI=1S/C20H23N3O2/c1-5-25-18(24)13-6-11-16-17(12-13)23-19(22-16)21-15-9-7-14(8-10-15)20(2,3)4/h6-12H,5H2,1-4H3,(H2,21,22,23). The summed E-state index contributed by atoms with van der Waals surface area (Å²) in [7, 11) is 0. The molecule has 0 saturated carbocycles. The minimum absolute atomic E-state index is 0.126. The van der Waals surface area contributed by atoms with E-state index in [9.17, 15) is 4.79 Å². The lowest BCUT2D eigenvalue weighted by Gasteiger charge is -2.19. The van der Waals surface area contributed by atoms with Crippen molar-refractivity contribution >= 4 is 28.6 Å². The highest BCUT2D eigenvalue weighted by molar-refractivity contribution is 5.94. The predicted octanol–water partition coefficient (Wildman–Crippen LogP) is 4.78. The number of nitrogens with one attached hydrogen (secondary N) is 2. The maximum atomic E-state index is 11.8. The van der Waals surface area contributed by atoms with Gasteiger partial charge >= 0.3 is 5.97 Å². The number of carbonyl (C=O) groups is 1. The summed E-state index contributed by atoms with van der Waals surface area (Å²) in [6, 6.07) is 13.6. The number of nitrogens with zero attached hydrogens (tertiary/aromatic N) is 1. The molecule has 0 aliphatic heterocycles. The largest absolute Gasteiger partial charge is 0.462 e. The summed E-state index contributed by atoms with van der Waals surface area (Å²) in [5.41, 5.74) is 4.46. The van der Waals surface area contributed by atoms with E-state index in [-0.39, 0.29) is 11.4 Å². The van der Waals surface area contributed by atoms with Gasteiger partial charge in [0.1, 0.15) is 0 Å². The van der Waals surface area contributed by atoms with E-state index in [2.05, 4.69) is 48.2 Å². The summed E-state index contributed by atoms with van der Waals surface area (Å²) in [6.45, 7) is 8.72. The first kappa shape index (κ1) is 17.0. The van der Waals surface area contributed by atoms with Gasteiger partial charge in [0, 0.05) is 5.69 Å². The molecular formula is C20H23N3O2. The molecular weight excluding hydrogens is 314 g/mol. The number of imidazole rings is 1. The van der Waals surface area contributed by atoms with E-state index in [0.717, 1.165) is 16.7 Å². The highest BCUT2D eigenvalue weighted by atomic mass is 16.5. The van der Waals surface area contributed by atoms with Crippen molar-refractivity contribution in [3.63, 3.8) is 0 Å². The average molecular weight is 337 g/mol. The molecule has 0 aliphatic carbocycles. The van der Waals surface area contributed by atoms with Crippen molar-refractivity contribution in [2.24, 2.45) is 0 Å². The molecule has 1 aromatic heterocycles. The van der Waals surface area contributed by atoms with Crippen LogP contribution in [-0.4, -0.2) is 22.5 Å². The monoisotopic (exact) mass is 337 g/mol. The molecule has 3 aromatic rings. The van der Waals surface area contributed by atoms with Crippen LogP contribution in [0.2, 0.25) is 0 Å². The highest BCUT2D eigenvalue weighted by Crippen LogP contribution is 2.25. The molecule has 0 radical (unpaired) electrons. The second-order valence-electron chi connectivity index (χ2n) is 6.99. The second kappa shape index (κ2) is 6.59. The molecule has 0 aliphatic rings. The summed E-state index contributed by atoms with van der Waals surface area (Å²) >= 11 is 0. The van der Waals surface area contributed by atoms with Crippen molar-refractivity contribution in [1.82, 2.24) is 9.97 Å². The molecule has 0 atom stereocenters. The van der Waals surface area contributed by atoms with E-state index in [4.69, 9.17) is 4.74 Å². The Morgan fingerprint density at radius 1 is 1.16 bits per heavy atom. The van der Waals surface area contributed by atoms with Gasteiger partial charge in [-0.1, -0.05) is 32.9 Å². The van der Waals surface area contributed by atoms with Crippen molar-refractivity contribution in [2.75, 3.05) is 11.9 Å². The molecule has 0 fully saturated rings. The zero-order valence-electron chi connectivity index (χ0n) is 15.0. The van der Waals surface area contributed by atoms with Crippen LogP contribution in [0.3, 0.4) is 0 Å². The van der Waals surface area contributed by atoms with Crippen molar-refractivity contribution in [3.8, 4) is 0 Å². The first-order chi connectivity index (χ1) is 11.9. The zero-order chi connectivity index (χ0) is 18.0. The number of anilines is 2. The number of esters is 1. The van der Waals surface area contributed by atoms with Crippen LogP contribution >= 0.6 is 0 Å².